The summed E-state index contributed by atoms with van der Waals surface area (Å²) < 4.78 is 36.1. The summed E-state index contributed by atoms with van der Waals surface area (Å²) in [5.41, 5.74) is -1.73. The van der Waals surface area contributed by atoms with Crippen LogP contribution in [0.15, 0.2) is 29.2 Å². The number of benzene rings is 1. The molecule has 0 aliphatic carbocycles. The molecule has 30 heavy (non-hydrogen) atoms. The van der Waals surface area contributed by atoms with Gasteiger partial charge in [-0.2, -0.15) is 0 Å². The van der Waals surface area contributed by atoms with Crippen molar-refractivity contribution in [2.75, 3.05) is 0 Å². The first-order valence-electron chi connectivity index (χ1n) is 8.98. The fourth-order valence-corrected chi connectivity index (χ4v) is 5.05. The zero-order chi connectivity index (χ0) is 21.7. The van der Waals surface area contributed by atoms with Crippen molar-refractivity contribution >= 4 is 39.5 Å². The molecule has 4 unspecified atom stereocenters. The highest BCUT2D eigenvalue weighted by Crippen LogP contribution is 2.57. The second-order valence-corrected chi connectivity index (χ2v) is 9.38. The predicted octanol–water partition coefficient (Wildman–Crippen LogP) is 3.09. The van der Waals surface area contributed by atoms with Crippen molar-refractivity contribution in [3.05, 3.63) is 55.7 Å². The average molecular weight is 471 g/mol. The van der Waals surface area contributed by atoms with Crippen molar-refractivity contribution in [3.63, 3.8) is 0 Å². The van der Waals surface area contributed by atoms with Crippen LogP contribution >= 0.6 is 31.6 Å². The molecule has 3 heterocycles. The molecule has 0 spiro atoms. The topological polar surface area (TPSA) is 112 Å². The van der Waals surface area contributed by atoms with E-state index in [1.807, 2.05) is 0 Å². The Kier molecular flexibility index (Phi) is 5.74. The molecule has 0 amide bonds. The highest BCUT2D eigenvalue weighted by Gasteiger charge is 2.47. The molecule has 2 N–H and O–H groups in total. The predicted molar refractivity (Wildman–Crippen MR) is 110 cm³/mol. The van der Waals surface area contributed by atoms with Gasteiger partial charge < -0.3 is 14.4 Å². The number of aryl methyl sites for hydroxylation is 1. The SMILES string of the molecule is [B]C(O)(OP1(=O)OCc2cc(Cl)ccc2O1)C1CCC(n2cc(C)c(=O)[nH]c2=S)O1. The number of nitrogens with one attached hydrogen (secondary N) is 1. The lowest BCUT2D eigenvalue weighted by Crippen LogP contribution is -2.45. The van der Waals surface area contributed by atoms with Crippen LogP contribution in [0.4, 0.5) is 0 Å². The molecule has 1 aromatic carbocycles. The summed E-state index contributed by atoms with van der Waals surface area (Å²) in [6, 6.07) is 4.69. The molecular formula is C17H17BClN2O7PS. The number of nitrogens with zero attached hydrogens (tertiary/aromatic N) is 1. The van der Waals surface area contributed by atoms with Gasteiger partial charge >= 0.3 is 7.82 Å². The number of fused-ring (bicyclic) bond motifs is 1. The third-order valence-electron chi connectivity index (χ3n) is 4.78. The lowest BCUT2D eigenvalue weighted by Gasteiger charge is -2.34. The highest BCUT2D eigenvalue weighted by atomic mass is 35.5. The van der Waals surface area contributed by atoms with Crippen molar-refractivity contribution in [1.29, 1.82) is 0 Å². The Morgan fingerprint density at radius 3 is 3.00 bits per heavy atom. The Balaban J connectivity index is 1.49. The van der Waals surface area contributed by atoms with Gasteiger partial charge in [0, 0.05) is 22.3 Å². The number of rotatable bonds is 4. The first-order valence-corrected chi connectivity index (χ1v) is 11.2. The van der Waals surface area contributed by atoms with Gasteiger partial charge in [-0.1, -0.05) is 11.6 Å². The van der Waals surface area contributed by atoms with Gasteiger partial charge in [-0.25, -0.2) is 4.57 Å². The number of phosphoric ester groups is 1. The van der Waals surface area contributed by atoms with Crippen LogP contribution in [-0.4, -0.2) is 34.3 Å². The largest absolute Gasteiger partial charge is 0.532 e. The molecule has 4 atom stereocenters. The summed E-state index contributed by atoms with van der Waals surface area (Å²) in [6.07, 6.45) is 0.585. The van der Waals surface area contributed by atoms with E-state index in [0.29, 0.717) is 22.6 Å². The lowest BCUT2D eigenvalue weighted by atomic mass is 9.88. The van der Waals surface area contributed by atoms with Gasteiger partial charge in [-0.3, -0.25) is 23.4 Å². The van der Waals surface area contributed by atoms with Gasteiger partial charge in [-0.15, -0.1) is 0 Å². The second-order valence-electron chi connectivity index (χ2n) is 7.04. The highest BCUT2D eigenvalue weighted by molar-refractivity contribution is 7.71. The molecule has 0 bridgehead atoms. The van der Waals surface area contributed by atoms with Gasteiger partial charge in [0.15, 0.2) is 18.3 Å². The van der Waals surface area contributed by atoms with Crippen molar-refractivity contribution in [1.82, 2.24) is 9.55 Å². The number of aromatic amines is 1. The molecule has 1 saturated heterocycles. The molecular weight excluding hydrogens is 454 g/mol. The molecule has 1 fully saturated rings. The normalized spacial score (nSPS) is 27.8. The third kappa shape index (κ3) is 4.29. The van der Waals surface area contributed by atoms with Crippen LogP contribution in [0.3, 0.4) is 0 Å². The molecule has 2 aromatic rings. The summed E-state index contributed by atoms with van der Waals surface area (Å²) >= 11 is 11.1. The number of hydrogen-bond donors (Lipinski definition) is 2. The standard InChI is InChI=1S/C17H17BClN2O7PS/c1-9-7-21(16(30)20-15(9)22)14-5-4-13(26-14)17(18,23)28-29(24)25-8-10-6-11(19)2-3-12(10)27-29/h2-3,6-7,13-14,23H,4-5,8H2,1H3,(H,20,22,30). The maximum atomic E-state index is 12.9. The number of ether oxygens (including phenoxy) is 1. The summed E-state index contributed by atoms with van der Waals surface area (Å²) in [6.45, 7) is 1.54. The Morgan fingerprint density at radius 2 is 2.23 bits per heavy atom. The van der Waals surface area contributed by atoms with E-state index in [2.05, 4.69) is 4.98 Å². The van der Waals surface area contributed by atoms with Crippen LogP contribution in [0, 0.1) is 11.7 Å². The molecule has 2 aliphatic rings. The minimum absolute atomic E-state index is 0.0940. The minimum atomic E-state index is -4.22. The molecule has 13 heteroatoms. The van der Waals surface area contributed by atoms with E-state index in [0.717, 1.165) is 0 Å². The summed E-state index contributed by atoms with van der Waals surface area (Å²) in [5.74, 6) is 0.255. The van der Waals surface area contributed by atoms with E-state index in [9.17, 15) is 14.5 Å². The smallest absolute Gasteiger partial charge is 0.404 e. The van der Waals surface area contributed by atoms with Crippen molar-refractivity contribution < 1.29 is 28.0 Å². The molecule has 2 aliphatic heterocycles. The van der Waals surface area contributed by atoms with Crippen LogP contribution in [-0.2, 0) is 25.0 Å². The minimum Gasteiger partial charge on any atom is -0.404 e. The van der Waals surface area contributed by atoms with Gasteiger partial charge in [0.05, 0.1) is 6.61 Å². The number of phosphoric acid groups is 1. The van der Waals surface area contributed by atoms with Crippen molar-refractivity contribution in [3.8, 4) is 5.75 Å². The average Bonchev–Trinajstić information content (AvgIpc) is 3.15. The van der Waals surface area contributed by atoms with Crippen LogP contribution in [0.1, 0.15) is 30.2 Å². The van der Waals surface area contributed by atoms with Gasteiger partial charge in [0.25, 0.3) is 5.56 Å². The molecule has 2 radical (unpaired) electrons. The molecule has 0 saturated carbocycles. The molecule has 4 rings (SSSR count). The lowest BCUT2D eigenvalue weighted by molar-refractivity contribution is -0.176. The molecule has 9 nitrogen and oxygen atoms in total. The second kappa shape index (κ2) is 7.91. The van der Waals surface area contributed by atoms with Crippen molar-refractivity contribution in [2.45, 2.75) is 44.4 Å². The summed E-state index contributed by atoms with van der Waals surface area (Å²) in [4.78, 5) is 14.2. The number of aliphatic hydroxyl groups is 1. The molecule has 158 valence electrons. The fraction of sp³-hybridized carbons (Fsp3) is 0.412. The van der Waals surface area contributed by atoms with E-state index in [-0.39, 0.29) is 29.1 Å². The van der Waals surface area contributed by atoms with E-state index in [1.54, 1.807) is 29.8 Å². The number of aromatic nitrogens is 2. The quantitative estimate of drug-likeness (QED) is 0.303. The van der Waals surface area contributed by atoms with E-state index in [4.69, 9.17) is 50.0 Å². The third-order valence-corrected chi connectivity index (χ3v) is 6.71. The first-order chi connectivity index (χ1) is 14.1. The Hall–Kier alpha value is -1.46. The van der Waals surface area contributed by atoms with Crippen LogP contribution in [0.2, 0.25) is 5.02 Å². The molecule has 1 aromatic heterocycles. The van der Waals surface area contributed by atoms with E-state index in [1.165, 1.54) is 6.07 Å². The van der Waals surface area contributed by atoms with Gasteiger partial charge in [-0.05, 0) is 50.2 Å². The Labute approximate surface area is 182 Å². The summed E-state index contributed by atoms with van der Waals surface area (Å²) in [7, 11) is 1.65. The maximum absolute atomic E-state index is 12.9. The van der Waals surface area contributed by atoms with Crippen LogP contribution in [0.25, 0.3) is 0 Å². The zero-order valence-corrected chi connectivity index (χ0v) is 18.2. The van der Waals surface area contributed by atoms with Gasteiger partial charge in [0.2, 0.25) is 0 Å². The van der Waals surface area contributed by atoms with Crippen LogP contribution in [0.5, 0.6) is 5.75 Å². The zero-order valence-electron chi connectivity index (χ0n) is 15.7. The Bertz CT molecular complexity index is 1150. The van der Waals surface area contributed by atoms with Gasteiger partial charge in [0.1, 0.15) is 18.1 Å². The monoisotopic (exact) mass is 470 g/mol. The van der Waals surface area contributed by atoms with E-state index < -0.39 is 25.8 Å². The number of H-pyrrole nitrogens is 1. The van der Waals surface area contributed by atoms with E-state index >= 15 is 0 Å². The fourth-order valence-electron chi connectivity index (χ4n) is 3.26. The first kappa shape index (κ1) is 21.8. The number of hydrogen-bond acceptors (Lipinski definition) is 8. The maximum Gasteiger partial charge on any atom is 0.532 e. The summed E-state index contributed by atoms with van der Waals surface area (Å²) in [5, 5.41) is 11.1. The number of halogens is 1. The van der Waals surface area contributed by atoms with Crippen LogP contribution < -0.4 is 10.1 Å². The Morgan fingerprint density at radius 1 is 1.47 bits per heavy atom. The van der Waals surface area contributed by atoms with Crippen molar-refractivity contribution in [2.24, 2.45) is 0 Å².